The van der Waals surface area contributed by atoms with Gasteiger partial charge in [0.15, 0.2) is 0 Å². The van der Waals surface area contributed by atoms with E-state index in [1.807, 2.05) is 0 Å². The van der Waals surface area contributed by atoms with Gasteiger partial charge in [0.2, 0.25) is 0 Å². The van der Waals surface area contributed by atoms with Crippen molar-refractivity contribution in [3.8, 4) is 0 Å². The van der Waals surface area contributed by atoms with Crippen molar-refractivity contribution in [3.05, 3.63) is 0 Å². The lowest BCUT2D eigenvalue weighted by Gasteiger charge is -2.29. The SMILES string of the molecule is Br.CCCCCCCCCCCCCCCC[N+](C)(C)CCN.[Br-]. The first-order valence-corrected chi connectivity index (χ1v) is 10.1. The second-order valence-electron chi connectivity index (χ2n) is 7.77. The first-order valence-electron chi connectivity index (χ1n) is 10.1. The van der Waals surface area contributed by atoms with E-state index in [0.717, 1.165) is 17.6 Å². The summed E-state index contributed by atoms with van der Waals surface area (Å²) >= 11 is 0. The number of hydrogen-bond acceptors (Lipinski definition) is 1. The summed E-state index contributed by atoms with van der Waals surface area (Å²) < 4.78 is 1.09. The van der Waals surface area contributed by atoms with Gasteiger partial charge >= 0.3 is 0 Å². The van der Waals surface area contributed by atoms with E-state index in [2.05, 4.69) is 21.0 Å². The molecule has 24 heavy (non-hydrogen) atoms. The van der Waals surface area contributed by atoms with Gasteiger partial charge in [-0.25, -0.2) is 0 Å². The van der Waals surface area contributed by atoms with Crippen LogP contribution < -0.4 is 22.7 Å². The van der Waals surface area contributed by atoms with E-state index in [-0.39, 0.29) is 34.0 Å². The zero-order valence-electron chi connectivity index (χ0n) is 16.8. The second-order valence-corrected chi connectivity index (χ2v) is 7.77. The van der Waals surface area contributed by atoms with Crippen LogP contribution in [0.1, 0.15) is 96.8 Å². The molecular formula is C20H46Br2N2. The van der Waals surface area contributed by atoms with Crippen molar-refractivity contribution in [2.45, 2.75) is 96.8 Å². The van der Waals surface area contributed by atoms with Gasteiger partial charge in [0, 0.05) is 6.54 Å². The maximum absolute atomic E-state index is 5.65. The van der Waals surface area contributed by atoms with Crippen molar-refractivity contribution in [1.82, 2.24) is 0 Å². The molecule has 0 radical (unpaired) electrons. The van der Waals surface area contributed by atoms with Crippen LogP contribution in [0.5, 0.6) is 0 Å². The Kier molecular flexibility index (Phi) is 27.1. The number of hydrogen-bond donors (Lipinski definition) is 1. The van der Waals surface area contributed by atoms with Crippen LogP contribution in [0.4, 0.5) is 0 Å². The molecule has 0 saturated carbocycles. The van der Waals surface area contributed by atoms with Crippen molar-refractivity contribution in [1.29, 1.82) is 0 Å². The molecule has 2 nitrogen and oxygen atoms in total. The summed E-state index contributed by atoms with van der Waals surface area (Å²) in [6.07, 6.45) is 20.2. The Morgan fingerprint density at radius 1 is 0.583 bits per heavy atom. The average Bonchev–Trinajstić information content (AvgIpc) is 2.47. The Morgan fingerprint density at radius 3 is 1.25 bits per heavy atom. The third-order valence-corrected chi connectivity index (χ3v) is 4.85. The van der Waals surface area contributed by atoms with Crippen LogP contribution in [-0.4, -0.2) is 38.2 Å². The van der Waals surface area contributed by atoms with Gasteiger partial charge in [0.1, 0.15) is 0 Å². The summed E-state index contributed by atoms with van der Waals surface area (Å²) in [5, 5.41) is 0. The number of halogens is 2. The Hall–Kier alpha value is 0.880. The van der Waals surface area contributed by atoms with Gasteiger partial charge in [-0.3, -0.25) is 0 Å². The Morgan fingerprint density at radius 2 is 0.917 bits per heavy atom. The summed E-state index contributed by atoms with van der Waals surface area (Å²) in [5.41, 5.74) is 5.65. The van der Waals surface area contributed by atoms with Gasteiger partial charge in [0.05, 0.1) is 27.2 Å². The normalized spacial score (nSPS) is 11.0. The molecular weight excluding hydrogens is 428 g/mol. The third-order valence-electron chi connectivity index (χ3n) is 4.85. The van der Waals surface area contributed by atoms with Crippen molar-refractivity contribution >= 4 is 17.0 Å². The van der Waals surface area contributed by atoms with Crippen molar-refractivity contribution in [2.24, 2.45) is 5.73 Å². The maximum atomic E-state index is 5.65. The van der Waals surface area contributed by atoms with Crippen molar-refractivity contribution in [2.75, 3.05) is 33.7 Å². The number of quaternary nitrogens is 1. The lowest BCUT2D eigenvalue weighted by Crippen LogP contribution is -3.00. The molecule has 4 heteroatoms. The summed E-state index contributed by atoms with van der Waals surface area (Å²) in [7, 11) is 4.60. The molecule has 150 valence electrons. The van der Waals surface area contributed by atoms with E-state index in [1.54, 1.807) is 0 Å². The quantitative estimate of drug-likeness (QED) is 0.255. The molecule has 0 unspecified atom stereocenters. The topological polar surface area (TPSA) is 26.0 Å². The summed E-state index contributed by atoms with van der Waals surface area (Å²) in [6, 6.07) is 0. The highest BCUT2D eigenvalue weighted by Crippen LogP contribution is 2.13. The lowest BCUT2D eigenvalue weighted by molar-refractivity contribution is -0.889. The standard InChI is InChI=1S/C20H45N2.2BrH/c1-4-5-6-7-8-9-10-11-12-13-14-15-16-17-19-22(2,3)20-18-21;;/h4-21H2,1-3H3;2*1H/q+1;;/p-1. The van der Waals surface area contributed by atoms with Gasteiger partial charge < -0.3 is 27.2 Å². The lowest BCUT2D eigenvalue weighted by atomic mass is 10.0. The van der Waals surface area contributed by atoms with E-state index in [9.17, 15) is 0 Å². The molecule has 0 aliphatic carbocycles. The van der Waals surface area contributed by atoms with E-state index >= 15 is 0 Å². The summed E-state index contributed by atoms with van der Waals surface area (Å²) in [5.74, 6) is 0. The minimum Gasteiger partial charge on any atom is -1.00 e. The second kappa shape index (κ2) is 21.9. The fourth-order valence-corrected chi connectivity index (χ4v) is 3.20. The van der Waals surface area contributed by atoms with Gasteiger partial charge in [-0.15, -0.1) is 17.0 Å². The van der Waals surface area contributed by atoms with E-state index < -0.39 is 0 Å². The van der Waals surface area contributed by atoms with Crippen molar-refractivity contribution < 1.29 is 21.5 Å². The Bertz CT molecular complexity index is 224. The minimum absolute atomic E-state index is 0. The van der Waals surface area contributed by atoms with E-state index in [0.29, 0.717) is 0 Å². The zero-order chi connectivity index (χ0) is 16.5. The number of likely N-dealkylation sites (N-methyl/N-ethyl adjacent to an activating group) is 1. The summed E-state index contributed by atoms with van der Waals surface area (Å²) in [6.45, 7) is 5.50. The van der Waals surface area contributed by atoms with E-state index in [4.69, 9.17) is 5.73 Å². The van der Waals surface area contributed by atoms with Crippen LogP contribution in [0, 0.1) is 0 Å². The number of nitrogens with two attached hydrogens (primary N) is 1. The molecule has 0 aliphatic heterocycles. The first kappa shape index (κ1) is 29.6. The molecule has 0 aromatic rings. The predicted molar refractivity (Wildman–Crippen MR) is 112 cm³/mol. The van der Waals surface area contributed by atoms with Gasteiger partial charge in [-0.1, -0.05) is 84.0 Å². The maximum Gasteiger partial charge on any atom is 0.0907 e. The van der Waals surface area contributed by atoms with Crippen LogP contribution in [0.3, 0.4) is 0 Å². The third kappa shape index (κ3) is 22.9. The molecule has 0 aliphatic rings. The minimum atomic E-state index is 0. The number of unbranched alkanes of at least 4 members (excludes halogenated alkanes) is 13. The van der Waals surface area contributed by atoms with Crippen LogP contribution in [0.25, 0.3) is 0 Å². The molecule has 0 saturated heterocycles. The monoisotopic (exact) mass is 472 g/mol. The highest BCUT2D eigenvalue weighted by Gasteiger charge is 2.12. The highest BCUT2D eigenvalue weighted by atomic mass is 79.9. The molecule has 0 atom stereocenters. The Labute approximate surface area is 174 Å². The highest BCUT2D eigenvalue weighted by molar-refractivity contribution is 8.93. The van der Waals surface area contributed by atoms with Gasteiger partial charge in [-0.05, 0) is 12.8 Å². The first-order chi connectivity index (χ1) is 10.6. The average molecular weight is 474 g/mol. The number of rotatable bonds is 17. The molecule has 0 fully saturated rings. The molecule has 0 bridgehead atoms. The van der Waals surface area contributed by atoms with Crippen LogP contribution in [-0.2, 0) is 0 Å². The molecule has 0 spiro atoms. The van der Waals surface area contributed by atoms with Crippen LogP contribution in [0.15, 0.2) is 0 Å². The van der Waals surface area contributed by atoms with Gasteiger partial charge in [0.25, 0.3) is 0 Å². The molecule has 0 heterocycles. The largest absolute Gasteiger partial charge is 1.00 e. The predicted octanol–water partition coefficient (Wildman–Crippen LogP) is 3.08. The Balaban J connectivity index is -0.00000220. The van der Waals surface area contributed by atoms with Crippen LogP contribution in [0.2, 0.25) is 0 Å². The fraction of sp³-hybridized carbons (Fsp3) is 1.00. The summed E-state index contributed by atoms with van der Waals surface area (Å²) in [4.78, 5) is 0. The fourth-order valence-electron chi connectivity index (χ4n) is 3.20. The molecule has 0 amide bonds. The van der Waals surface area contributed by atoms with E-state index in [1.165, 1.54) is 96.4 Å². The van der Waals surface area contributed by atoms with Crippen molar-refractivity contribution in [3.63, 3.8) is 0 Å². The molecule has 0 aromatic carbocycles. The zero-order valence-corrected chi connectivity index (χ0v) is 20.1. The number of nitrogens with zero attached hydrogens (tertiary/aromatic N) is 1. The molecule has 0 aromatic heterocycles. The van der Waals surface area contributed by atoms with Gasteiger partial charge in [-0.2, -0.15) is 0 Å². The van der Waals surface area contributed by atoms with Crippen LogP contribution >= 0.6 is 17.0 Å². The smallest absolute Gasteiger partial charge is 0.0907 e. The molecule has 2 N–H and O–H groups in total. The molecule has 0 rings (SSSR count).